The van der Waals surface area contributed by atoms with Gasteiger partial charge in [-0.2, -0.15) is 0 Å². The summed E-state index contributed by atoms with van der Waals surface area (Å²) >= 11 is 0. The molecule has 3 rings (SSSR count). The van der Waals surface area contributed by atoms with Crippen molar-refractivity contribution >= 4 is 34.0 Å². The molecule has 0 radical (unpaired) electrons. The largest absolute Gasteiger partial charge is 0.353 e. The van der Waals surface area contributed by atoms with E-state index in [0.717, 1.165) is 31.4 Å². The van der Waals surface area contributed by atoms with Gasteiger partial charge in [-0.3, -0.25) is 14.9 Å². The summed E-state index contributed by atoms with van der Waals surface area (Å²) in [6.07, 6.45) is 5.54. The Hall–Kier alpha value is -1.75. The van der Waals surface area contributed by atoms with Crippen molar-refractivity contribution in [3.63, 3.8) is 0 Å². The molecule has 1 aliphatic heterocycles. The standard InChI is InChI=1S/C17H24N4O5S.ClH/c22-17(16-11-12-3-1-2-4-15(12)20-16)18-9-10-19-27(25,26)14-7-5-13(6-8-14)21(23)24;/h5-8,12,15-16,19-20H,1-4,9-11H2,(H,18,22);1H. The normalized spacial score (nSPS) is 24.1. The van der Waals surface area contributed by atoms with Crippen LogP contribution < -0.4 is 15.4 Å². The molecule has 9 nitrogen and oxygen atoms in total. The maximum absolute atomic E-state index is 12.3. The van der Waals surface area contributed by atoms with Gasteiger partial charge in [0.05, 0.1) is 15.9 Å². The average molecular weight is 433 g/mol. The fourth-order valence-electron chi connectivity index (χ4n) is 3.85. The summed E-state index contributed by atoms with van der Waals surface area (Å²) < 4.78 is 26.7. The molecule has 1 heterocycles. The number of benzene rings is 1. The highest BCUT2D eigenvalue weighted by Gasteiger charge is 2.37. The number of non-ortho nitro benzene ring substituents is 1. The van der Waals surface area contributed by atoms with Crippen LogP contribution in [0.1, 0.15) is 32.1 Å². The van der Waals surface area contributed by atoms with E-state index in [9.17, 15) is 23.3 Å². The van der Waals surface area contributed by atoms with E-state index in [4.69, 9.17) is 0 Å². The van der Waals surface area contributed by atoms with Crippen molar-refractivity contribution < 1.29 is 18.1 Å². The summed E-state index contributed by atoms with van der Waals surface area (Å²) in [6.45, 7) is 0.225. The highest BCUT2D eigenvalue weighted by Crippen LogP contribution is 2.33. The molecule has 0 aromatic heterocycles. The van der Waals surface area contributed by atoms with E-state index in [1.165, 1.54) is 25.0 Å². The number of sulfonamides is 1. The zero-order valence-electron chi connectivity index (χ0n) is 15.3. The summed E-state index contributed by atoms with van der Waals surface area (Å²) in [5.41, 5.74) is -0.175. The van der Waals surface area contributed by atoms with Gasteiger partial charge in [0, 0.05) is 31.3 Å². The van der Waals surface area contributed by atoms with Gasteiger partial charge in [0.15, 0.2) is 0 Å². The lowest BCUT2D eigenvalue weighted by Crippen LogP contribution is -2.45. The van der Waals surface area contributed by atoms with E-state index >= 15 is 0 Å². The number of rotatable bonds is 7. The fraction of sp³-hybridized carbons (Fsp3) is 0.588. The second kappa shape index (κ2) is 9.64. The predicted octanol–water partition coefficient (Wildman–Crippen LogP) is 1.33. The van der Waals surface area contributed by atoms with E-state index in [-0.39, 0.29) is 48.0 Å². The second-order valence-corrected chi connectivity index (χ2v) is 8.81. The van der Waals surface area contributed by atoms with Crippen LogP contribution in [-0.2, 0) is 14.8 Å². The highest BCUT2D eigenvalue weighted by molar-refractivity contribution is 7.89. The summed E-state index contributed by atoms with van der Waals surface area (Å²) in [5.74, 6) is 0.467. The molecule has 11 heteroatoms. The Balaban J connectivity index is 0.00000280. The Bertz CT molecular complexity index is 788. The predicted molar refractivity (Wildman–Crippen MR) is 106 cm³/mol. The minimum absolute atomic E-state index is 0. The van der Waals surface area contributed by atoms with Gasteiger partial charge in [0.1, 0.15) is 0 Å². The highest BCUT2D eigenvalue weighted by atomic mass is 35.5. The van der Waals surface area contributed by atoms with Crippen LogP contribution in [0.2, 0.25) is 0 Å². The molecule has 0 spiro atoms. The quantitative estimate of drug-likeness (QED) is 0.338. The van der Waals surface area contributed by atoms with Crippen molar-refractivity contribution in [1.82, 2.24) is 15.4 Å². The summed E-state index contributed by atoms with van der Waals surface area (Å²) in [7, 11) is -3.78. The fourth-order valence-corrected chi connectivity index (χ4v) is 4.88. The Morgan fingerprint density at radius 2 is 1.86 bits per heavy atom. The summed E-state index contributed by atoms with van der Waals surface area (Å²) in [5, 5.41) is 16.8. The van der Waals surface area contributed by atoms with Gasteiger partial charge in [-0.15, -0.1) is 12.4 Å². The maximum atomic E-state index is 12.3. The molecule has 2 fully saturated rings. The number of nitrogens with one attached hydrogen (secondary N) is 3. The van der Waals surface area contributed by atoms with Gasteiger partial charge < -0.3 is 10.6 Å². The van der Waals surface area contributed by atoms with Crippen LogP contribution in [0.25, 0.3) is 0 Å². The first-order valence-electron chi connectivity index (χ1n) is 9.15. The van der Waals surface area contributed by atoms with E-state index in [2.05, 4.69) is 15.4 Å². The van der Waals surface area contributed by atoms with Crippen molar-refractivity contribution in [1.29, 1.82) is 0 Å². The molecule has 1 amide bonds. The zero-order chi connectivity index (χ0) is 19.4. The van der Waals surface area contributed by atoms with Gasteiger partial charge in [0.2, 0.25) is 15.9 Å². The number of nitrogens with zero attached hydrogens (tertiary/aromatic N) is 1. The zero-order valence-corrected chi connectivity index (χ0v) is 16.9. The average Bonchev–Trinajstić information content (AvgIpc) is 3.09. The van der Waals surface area contributed by atoms with Gasteiger partial charge >= 0.3 is 0 Å². The molecule has 1 aromatic rings. The molecule has 0 bridgehead atoms. The first kappa shape index (κ1) is 22.5. The molecular formula is C17H25ClN4O5S. The molecule has 156 valence electrons. The third-order valence-electron chi connectivity index (χ3n) is 5.25. The number of carbonyl (C=O) groups is 1. The van der Waals surface area contributed by atoms with Crippen molar-refractivity contribution in [2.24, 2.45) is 5.92 Å². The molecular weight excluding hydrogens is 408 g/mol. The second-order valence-electron chi connectivity index (χ2n) is 7.05. The van der Waals surface area contributed by atoms with Crippen LogP contribution in [0.3, 0.4) is 0 Å². The van der Waals surface area contributed by atoms with E-state index in [0.29, 0.717) is 12.0 Å². The monoisotopic (exact) mass is 432 g/mol. The van der Waals surface area contributed by atoms with Crippen molar-refractivity contribution in [2.45, 2.75) is 49.1 Å². The maximum Gasteiger partial charge on any atom is 0.269 e. The third kappa shape index (κ3) is 5.40. The molecule has 1 saturated carbocycles. The number of amides is 1. The van der Waals surface area contributed by atoms with Crippen LogP contribution in [0.15, 0.2) is 29.2 Å². The number of nitro benzene ring substituents is 1. The molecule has 2 aliphatic rings. The number of halogens is 1. The molecule has 28 heavy (non-hydrogen) atoms. The van der Waals surface area contributed by atoms with E-state index < -0.39 is 14.9 Å². The SMILES string of the molecule is Cl.O=C(NCCNS(=O)(=O)c1ccc([N+](=O)[O-])cc1)C1CC2CCCCC2N1. The van der Waals surface area contributed by atoms with E-state index in [1.54, 1.807) is 0 Å². The third-order valence-corrected chi connectivity index (χ3v) is 6.73. The van der Waals surface area contributed by atoms with Gasteiger partial charge in [-0.25, -0.2) is 13.1 Å². The molecule has 1 saturated heterocycles. The van der Waals surface area contributed by atoms with E-state index in [1.807, 2.05) is 0 Å². The Labute approximate surface area is 170 Å². The summed E-state index contributed by atoms with van der Waals surface area (Å²) in [6, 6.07) is 4.87. The smallest absolute Gasteiger partial charge is 0.269 e. The number of nitro groups is 1. The van der Waals surface area contributed by atoms with Crippen molar-refractivity contribution in [3.05, 3.63) is 34.4 Å². The van der Waals surface area contributed by atoms with Gasteiger partial charge in [0.25, 0.3) is 5.69 Å². The first-order valence-corrected chi connectivity index (χ1v) is 10.6. The Morgan fingerprint density at radius 3 is 2.50 bits per heavy atom. The molecule has 1 aliphatic carbocycles. The van der Waals surface area contributed by atoms with Crippen LogP contribution in [0.4, 0.5) is 5.69 Å². The lowest BCUT2D eigenvalue weighted by atomic mass is 9.85. The molecule has 3 unspecified atom stereocenters. The number of carbonyl (C=O) groups excluding carboxylic acids is 1. The number of hydrogen-bond donors (Lipinski definition) is 3. The number of hydrogen-bond acceptors (Lipinski definition) is 6. The van der Waals surface area contributed by atoms with Gasteiger partial charge in [-0.1, -0.05) is 12.8 Å². The molecule has 3 N–H and O–H groups in total. The lowest BCUT2D eigenvalue weighted by Gasteiger charge is -2.24. The Kier molecular flexibility index (Phi) is 7.76. The minimum Gasteiger partial charge on any atom is -0.353 e. The number of fused-ring (bicyclic) bond motifs is 1. The van der Waals surface area contributed by atoms with Crippen molar-refractivity contribution in [3.8, 4) is 0 Å². The minimum atomic E-state index is -3.78. The van der Waals surface area contributed by atoms with Crippen LogP contribution in [0, 0.1) is 16.0 Å². The first-order chi connectivity index (χ1) is 12.9. The topological polar surface area (TPSA) is 130 Å². The Morgan fingerprint density at radius 1 is 1.18 bits per heavy atom. The summed E-state index contributed by atoms with van der Waals surface area (Å²) in [4.78, 5) is 22.2. The lowest BCUT2D eigenvalue weighted by molar-refractivity contribution is -0.384. The van der Waals surface area contributed by atoms with Crippen LogP contribution >= 0.6 is 12.4 Å². The van der Waals surface area contributed by atoms with Crippen LogP contribution in [-0.4, -0.2) is 44.4 Å². The van der Waals surface area contributed by atoms with Crippen molar-refractivity contribution in [2.75, 3.05) is 13.1 Å². The molecule has 1 aromatic carbocycles. The van der Waals surface area contributed by atoms with Crippen LogP contribution in [0.5, 0.6) is 0 Å². The van der Waals surface area contributed by atoms with Gasteiger partial charge in [-0.05, 0) is 37.3 Å². The molecule has 3 atom stereocenters.